The van der Waals surface area contributed by atoms with Crippen LogP contribution in [0.15, 0.2) is 65.8 Å². The van der Waals surface area contributed by atoms with Crippen LogP contribution >= 0.6 is 0 Å². The van der Waals surface area contributed by atoms with Crippen molar-refractivity contribution in [3.8, 4) is 11.5 Å². The number of aromatic nitrogens is 2. The van der Waals surface area contributed by atoms with E-state index < -0.39 is 10.0 Å². The SMILES string of the molecule is O=C(NCc1ccccc1Cn1cccn1)C1CCN(S(=O)(=O)c2ccc3c(c2)OCCO3)CC1. The van der Waals surface area contributed by atoms with Gasteiger partial charge in [0.1, 0.15) is 13.2 Å². The minimum atomic E-state index is -3.67. The molecule has 0 spiro atoms. The molecule has 2 aliphatic rings. The van der Waals surface area contributed by atoms with Crippen LogP contribution in [0.5, 0.6) is 11.5 Å². The van der Waals surface area contributed by atoms with E-state index >= 15 is 0 Å². The van der Waals surface area contributed by atoms with Crippen LogP contribution in [0, 0.1) is 5.92 Å². The highest BCUT2D eigenvalue weighted by Gasteiger charge is 2.32. The van der Waals surface area contributed by atoms with Gasteiger partial charge in [-0.05, 0) is 42.2 Å². The van der Waals surface area contributed by atoms with E-state index in [9.17, 15) is 13.2 Å². The molecule has 1 saturated heterocycles. The number of fused-ring (bicyclic) bond motifs is 1. The Morgan fingerprint density at radius 1 is 1.00 bits per heavy atom. The monoisotopic (exact) mass is 496 g/mol. The number of piperidine rings is 1. The number of benzene rings is 2. The second kappa shape index (κ2) is 10.1. The highest BCUT2D eigenvalue weighted by molar-refractivity contribution is 7.89. The van der Waals surface area contributed by atoms with Crippen molar-refractivity contribution >= 4 is 15.9 Å². The number of sulfonamides is 1. The molecular weight excluding hydrogens is 468 g/mol. The summed E-state index contributed by atoms with van der Waals surface area (Å²) in [5.41, 5.74) is 2.13. The third kappa shape index (κ3) is 5.18. The van der Waals surface area contributed by atoms with Gasteiger partial charge in [-0.3, -0.25) is 9.48 Å². The van der Waals surface area contributed by atoms with E-state index in [-0.39, 0.29) is 16.7 Å². The standard InChI is InChI=1S/C25H28N4O5S/c30-25(26-17-20-4-1-2-5-21(20)18-28-11-3-10-27-28)19-8-12-29(13-9-19)35(31,32)22-6-7-23-24(16-22)34-15-14-33-23/h1-7,10-11,16,19H,8-9,12-15,17-18H2,(H,26,30). The van der Waals surface area contributed by atoms with E-state index in [2.05, 4.69) is 10.4 Å². The third-order valence-electron chi connectivity index (χ3n) is 6.44. The Morgan fingerprint density at radius 3 is 2.49 bits per heavy atom. The third-order valence-corrected chi connectivity index (χ3v) is 8.33. The molecule has 1 fully saturated rings. The first-order valence-corrected chi connectivity index (χ1v) is 13.2. The van der Waals surface area contributed by atoms with Gasteiger partial charge in [0.2, 0.25) is 15.9 Å². The average Bonchev–Trinajstić information content (AvgIpc) is 3.41. The van der Waals surface area contributed by atoms with Gasteiger partial charge in [0.25, 0.3) is 0 Å². The van der Waals surface area contributed by atoms with Gasteiger partial charge in [-0.25, -0.2) is 8.42 Å². The maximum Gasteiger partial charge on any atom is 0.243 e. The normalized spacial score (nSPS) is 16.7. The minimum absolute atomic E-state index is 0.0460. The summed E-state index contributed by atoms with van der Waals surface area (Å²) in [7, 11) is -3.67. The Kier molecular flexibility index (Phi) is 6.74. The number of amides is 1. The van der Waals surface area contributed by atoms with Crippen LogP contribution in [-0.2, 0) is 27.9 Å². The van der Waals surface area contributed by atoms with Crippen molar-refractivity contribution in [3.05, 3.63) is 72.1 Å². The molecule has 184 valence electrons. The zero-order valence-electron chi connectivity index (χ0n) is 19.3. The summed E-state index contributed by atoms with van der Waals surface area (Å²) < 4.78 is 40.6. The number of hydrogen-bond donors (Lipinski definition) is 1. The molecule has 0 radical (unpaired) electrons. The van der Waals surface area contributed by atoms with Crippen molar-refractivity contribution in [1.29, 1.82) is 0 Å². The molecule has 3 heterocycles. The van der Waals surface area contributed by atoms with Crippen LogP contribution in [0.3, 0.4) is 0 Å². The molecule has 0 saturated carbocycles. The maximum absolute atomic E-state index is 13.2. The Labute approximate surface area is 204 Å². The molecule has 0 atom stereocenters. The molecule has 1 N–H and O–H groups in total. The lowest BCUT2D eigenvalue weighted by Crippen LogP contribution is -2.42. The number of ether oxygens (including phenoxy) is 2. The molecule has 0 unspecified atom stereocenters. The van der Waals surface area contributed by atoms with Crippen LogP contribution in [0.4, 0.5) is 0 Å². The summed E-state index contributed by atoms with van der Waals surface area (Å²) in [6.07, 6.45) is 4.60. The molecule has 35 heavy (non-hydrogen) atoms. The smallest absolute Gasteiger partial charge is 0.243 e. The molecular formula is C25H28N4O5S. The van der Waals surface area contributed by atoms with Gasteiger partial charge in [0.15, 0.2) is 11.5 Å². The van der Waals surface area contributed by atoms with Crippen LogP contribution in [-0.4, -0.2) is 54.7 Å². The largest absolute Gasteiger partial charge is 0.486 e. The lowest BCUT2D eigenvalue weighted by Gasteiger charge is -2.31. The summed E-state index contributed by atoms with van der Waals surface area (Å²) in [5.74, 6) is 0.728. The highest BCUT2D eigenvalue weighted by Crippen LogP contribution is 2.34. The molecule has 10 heteroatoms. The number of nitrogens with zero attached hydrogens (tertiary/aromatic N) is 3. The van der Waals surface area contributed by atoms with Crippen molar-refractivity contribution in [2.24, 2.45) is 5.92 Å². The zero-order chi connectivity index (χ0) is 24.3. The van der Waals surface area contributed by atoms with Crippen LogP contribution in [0.25, 0.3) is 0 Å². The van der Waals surface area contributed by atoms with Crippen LogP contribution in [0.2, 0.25) is 0 Å². The quantitative estimate of drug-likeness (QED) is 0.539. The Hall–Kier alpha value is -3.37. The molecule has 0 aliphatic carbocycles. The second-order valence-corrected chi connectivity index (χ2v) is 10.6. The minimum Gasteiger partial charge on any atom is -0.486 e. The predicted octanol–water partition coefficient (Wildman–Crippen LogP) is 2.42. The van der Waals surface area contributed by atoms with Crippen molar-refractivity contribution in [2.75, 3.05) is 26.3 Å². The van der Waals surface area contributed by atoms with Gasteiger partial charge >= 0.3 is 0 Å². The van der Waals surface area contributed by atoms with Gasteiger partial charge in [0, 0.05) is 44.0 Å². The first-order valence-electron chi connectivity index (χ1n) is 11.7. The first-order chi connectivity index (χ1) is 17.0. The molecule has 0 bridgehead atoms. The molecule has 3 aromatic rings. The summed E-state index contributed by atoms with van der Waals surface area (Å²) in [5, 5.41) is 7.29. The van der Waals surface area contributed by atoms with Crippen LogP contribution in [0.1, 0.15) is 24.0 Å². The van der Waals surface area contributed by atoms with Gasteiger partial charge < -0.3 is 14.8 Å². The van der Waals surface area contributed by atoms with E-state index in [0.29, 0.717) is 63.7 Å². The van der Waals surface area contributed by atoms with Gasteiger partial charge in [-0.15, -0.1) is 0 Å². The Morgan fingerprint density at radius 2 is 1.74 bits per heavy atom. The predicted molar refractivity (Wildman–Crippen MR) is 129 cm³/mol. The molecule has 1 aromatic heterocycles. The van der Waals surface area contributed by atoms with Gasteiger partial charge in [-0.2, -0.15) is 9.40 Å². The fourth-order valence-electron chi connectivity index (χ4n) is 4.47. The fraction of sp³-hybridized carbons (Fsp3) is 0.360. The fourth-order valence-corrected chi connectivity index (χ4v) is 5.96. The van der Waals surface area contributed by atoms with E-state index in [1.54, 1.807) is 18.3 Å². The molecule has 1 amide bonds. The molecule has 9 nitrogen and oxygen atoms in total. The molecule has 2 aliphatic heterocycles. The van der Waals surface area contributed by atoms with E-state index in [1.165, 1.54) is 10.4 Å². The average molecular weight is 497 g/mol. The topological polar surface area (TPSA) is 103 Å². The Balaban J connectivity index is 1.17. The lowest BCUT2D eigenvalue weighted by molar-refractivity contribution is -0.126. The molecule has 5 rings (SSSR count). The van der Waals surface area contributed by atoms with Crippen LogP contribution < -0.4 is 14.8 Å². The summed E-state index contributed by atoms with van der Waals surface area (Å²) >= 11 is 0. The lowest BCUT2D eigenvalue weighted by atomic mass is 9.97. The second-order valence-electron chi connectivity index (χ2n) is 8.67. The number of hydrogen-bond acceptors (Lipinski definition) is 6. The van der Waals surface area contributed by atoms with E-state index in [1.807, 2.05) is 41.2 Å². The van der Waals surface area contributed by atoms with Gasteiger partial charge in [0.05, 0.1) is 11.4 Å². The van der Waals surface area contributed by atoms with E-state index in [0.717, 1.165) is 11.1 Å². The Bertz CT molecular complexity index is 1280. The maximum atomic E-state index is 13.2. The molecule has 2 aromatic carbocycles. The summed E-state index contributed by atoms with van der Waals surface area (Å²) in [6.45, 7) is 2.49. The highest BCUT2D eigenvalue weighted by atomic mass is 32.2. The van der Waals surface area contributed by atoms with Crippen molar-refractivity contribution < 1.29 is 22.7 Å². The number of rotatable bonds is 7. The first kappa shape index (κ1) is 23.4. The number of nitrogens with one attached hydrogen (secondary N) is 1. The van der Waals surface area contributed by atoms with Crippen molar-refractivity contribution in [3.63, 3.8) is 0 Å². The summed E-state index contributed by atoms with van der Waals surface area (Å²) in [6, 6.07) is 14.5. The van der Waals surface area contributed by atoms with Gasteiger partial charge in [-0.1, -0.05) is 24.3 Å². The number of carbonyl (C=O) groups is 1. The number of carbonyl (C=O) groups excluding carboxylic acids is 1. The van der Waals surface area contributed by atoms with E-state index in [4.69, 9.17) is 9.47 Å². The van der Waals surface area contributed by atoms with Crippen molar-refractivity contribution in [1.82, 2.24) is 19.4 Å². The zero-order valence-corrected chi connectivity index (χ0v) is 20.1. The summed E-state index contributed by atoms with van der Waals surface area (Å²) in [4.78, 5) is 13.0. The van der Waals surface area contributed by atoms with Crippen molar-refractivity contribution in [2.45, 2.75) is 30.8 Å².